The van der Waals surface area contributed by atoms with Crippen LogP contribution in [0.4, 0.5) is 0 Å². The number of ether oxygens (including phenoxy) is 1. The molecule has 3 aliphatic rings. The van der Waals surface area contributed by atoms with E-state index in [1.54, 1.807) is 0 Å². The van der Waals surface area contributed by atoms with Gasteiger partial charge in [0, 0.05) is 33.0 Å². The molecule has 0 radical (unpaired) electrons. The van der Waals surface area contributed by atoms with E-state index in [0.29, 0.717) is 5.84 Å². The first-order valence-electron chi connectivity index (χ1n) is 19.8. The van der Waals surface area contributed by atoms with Crippen molar-refractivity contribution in [1.29, 1.82) is 0 Å². The maximum Gasteiger partial charge on any atom is 0.159 e. The smallest absolute Gasteiger partial charge is 0.159 e. The maximum atomic E-state index is 7.18. The van der Waals surface area contributed by atoms with Crippen molar-refractivity contribution in [1.82, 2.24) is 5.32 Å². The molecule has 58 heavy (non-hydrogen) atoms. The van der Waals surface area contributed by atoms with Gasteiger partial charge in [-0.1, -0.05) is 194 Å². The average molecular weight is 742 g/mol. The van der Waals surface area contributed by atoms with Crippen molar-refractivity contribution >= 4 is 33.2 Å². The van der Waals surface area contributed by atoms with E-state index in [1.807, 2.05) is 12.1 Å². The van der Waals surface area contributed by atoms with Gasteiger partial charge in [-0.05, 0) is 55.8 Å². The van der Waals surface area contributed by atoms with Gasteiger partial charge in [0.15, 0.2) is 5.84 Å². The number of fused-ring (bicyclic) bond motifs is 13. The summed E-state index contributed by atoms with van der Waals surface area (Å²) in [5.41, 5.74) is 11.9. The van der Waals surface area contributed by atoms with Gasteiger partial charge in [0.05, 0.1) is 5.41 Å². The maximum absolute atomic E-state index is 7.18. The largest absolute Gasteiger partial charge is 0.455 e. The van der Waals surface area contributed by atoms with Crippen LogP contribution in [0.2, 0.25) is 0 Å². The van der Waals surface area contributed by atoms with Gasteiger partial charge in [0.1, 0.15) is 23.5 Å². The van der Waals surface area contributed by atoms with E-state index in [1.165, 1.54) is 27.8 Å². The molecule has 1 aliphatic carbocycles. The van der Waals surface area contributed by atoms with Gasteiger partial charge < -0.3 is 10.1 Å². The Morgan fingerprint density at radius 2 is 0.983 bits per heavy atom. The van der Waals surface area contributed by atoms with Gasteiger partial charge in [0.25, 0.3) is 0 Å². The molecule has 4 nitrogen and oxygen atoms in total. The zero-order valence-corrected chi connectivity index (χ0v) is 31.4. The van der Waals surface area contributed by atoms with E-state index in [0.717, 1.165) is 72.3 Å². The van der Waals surface area contributed by atoms with Crippen LogP contribution in [0, 0.1) is 0 Å². The van der Waals surface area contributed by atoms with E-state index >= 15 is 0 Å². The molecule has 2 aliphatic heterocycles. The zero-order valence-electron chi connectivity index (χ0n) is 31.4. The van der Waals surface area contributed by atoms with Crippen LogP contribution >= 0.6 is 0 Å². The number of benzene rings is 9. The number of rotatable bonds is 4. The molecule has 4 heteroatoms. The predicted molar refractivity (Wildman–Crippen MR) is 236 cm³/mol. The van der Waals surface area contributed by atoms with Crippen molar-refractivity contribution in [2.75, 3.05) is 0 Å². The summed E-state index contributed by atoms with van der Waals surface area (Å²) in [6.45, 7) is 0. The molecule has 0 aromatic heterocycles. The Labute approximate surface area is 336 Å². The van der Waals surface area contributed by atoms with Gasteiger partial charge in [-0.3, -0.25) is 0 Å². The first-order chi connectivity index (χ1) is 28.7. The molecule has 1 spiro atoms. The lowest BCUT2D eigenvalue weighted by Crippen LogP contribution is -2.35. The van der Waals surface area contributed by atoms with Crippen molar-refractivity contribution in [3.63, 3.8) is 0 Å². The van der Waals surface area contributed by atoms with E-state index in [2.05, 4.69) is 193 Å². The Balaban J connectivity index is 1.09. The lowest BCUT2D eigenvalue weighted by atomic mass is 9.65. The monoisotopic (exact) mass is 741 g/mol. The summed E-state index contributed by atoms with van der Waals surface area (Å²) in [5, 5.41) is 8.25. The molecule has 9 aromatic rings. The highest BCUT2D eigenvalue weighted by molar-refractivity contribution is 6.13. The van der Waals surface area contributed by atoms with Crippen LogP contribution in [0.3, 0.4) is 0 Å². The Morgan fingerprint density at radius 1 is 0.431 bits per heavy atom. The van der Waals surface area contributed by atoms with Gasteiger partial charge in [-0.25, -0.2) is 9.98 Å². The minimum atomic E-state index is -0.656. The first kappa shape index (κ1) is 32.7. The minimum Gasteiger partial charge on any atom is -0.455 e. The van der Waals surface area contributed by atoms with Gasteiger partial charge in [0.2, 0.25) is 0 Å². The number of amidine groups is 2. The van der Waals surface area contributed by atoms with Crippen molar-refractivity contribution < 1.29 is 4.74 Å². The zero-order chi connectivity index (χ0) is 38.2. The molecule has 0 bridgehead atoms. The second-order valence-corrected chi connectivity index (χ2v) is 15.3. The van der Waals surface area contributed by atoms with Gasteiger partial charge in [-0.2, -0.15) is 0 Å². The fraction of sp³-hybridized carbons (Fsp3) is 0.0370. The van der Waals surface area contributed by atoms with Crippen molar-refractivity contribution in [3.8, 4) is 33.8 Å². The molecule has 1 N–H and O–H groups in total. The van der Waals surface area contributed by atoms with E-state index in [4.69, 9.17) is 14.7 Å². The third kappa shape index (κ3) is 4.82. The predicted octanol–water partition coefficient (Wildman–Crippen LogP) is 12.6. The summed E-state index contributed by atoms with van der Waals surface area (Å²) in [5.74, 6) is 3.28. The lowest BCUT2D eigenvalue weighted by Gasteiger charge is -2.40. The Morgan fingerprint density at radius 3 is 1.69 bits per heavy atom. The molecule has 0 amide bonds. The van der Waals surface area contributed by atoms with E-state index < -0.39 is 5.41 Å². The molecule has 0 saturated carbocycles. The summed E-state index contributed by atoms with van der Waals surface area (Å²) >= 11 is 0. The summed E-state index contributed by atoms with van der Waals surface area (Å²) in [6, 6.07) is 71.5. The average Bonchev–Trinajstić information content (AvgIpc) is 3.59. The third-order valence-corrected chi connectivity index (χ3v) is 12.2. The molecule has 1 atom stereocenters. The standard InChI is InChI=1S/C54H35N3O/c1-3-13-34(14-4-1)35-23-25-39(26-24-35)52-55-51(38-17-5-2-6-18-38)56-53(57-52)40-27-30-44-43-21-11-12-22-45(43)54(48(44)33-40)46-31-28-36-15-7-9-19-41(36)49(46)58-50-42-20-10-8-16-37(42)29-32-47(50)54/h1-33,51H,(H,55,56,57). The first-order valence-corrected chi connectivity index (χ1v) is 19.8. The van der Waals surface area contributed by atoms with Crippen molar-refractivity contribution in [2.45, 2.75) is 11.6 Å². The fourth-order valence-corrected chi connectivity index (χ4v) is 9.52. The van der Waals surface area contributed by atoms with E-state index in [9.17, 15) is 0 Å². The van der Waals surface area contributed by atoms with Crippen molar-refractivity contribution in [2.24, 2.45) is 9.98 Å². The molecule has 0 fully saturated rings. The summed E-state index contributed by atoms with van der Waals surface area (Å²) < 4.78 is 7.18. The Bertz CT molecular complexity index is 3080. The molecular weight excluding hydrogens is 707 g/mol. The number of hydrogen-bond donors (Lipinski definition) is 1. The fourth-order valence-electron chi connectivity index (χ4n) is 9.52. The number of nitrogens with one attached hydrogen (secondary N) is 1. The topological polar surface area (TPSA) is 46.0 Å². The quantitative estimate of drug-likeness (QED) is 0.195. The normalized spacial score (nSPS) is 15.7. The lowest BCUT2D eigenvalue weighted by molar-refractivity contribution is 0.447. The molecule has 1 unspecified atom stereocenters. The SMILES string of the molecule is c1ccc(-c2ccc(C3=NC(c4ccccc4)NC(c4ccc5c(c4)C4(c6ccccc6-5)c5ccc6ccccc6c5Oc5c4ccc4ccccc54)=N3)cc2)cc1. The third-order valence-electron chi connectivity index (χ3n) is 12.2. The highest BCUT2D eigenvalue weighted by atomic mass is 16.5. The molecule has 0 saturated heterocycles. The number of aliphatic imine (C=N–C) groups is 2. The molecular formula is C54H35N3O. The summed E-state index contributed by atoms with van der Waals surface area (Å²) in [4.78, 5) is 10.5. The molecule has 2 heterocycles. The highest BCUT2D eigenvalue weighted by Gasteiger charge is 2.52. The van der Waals surface area contributed by atoms with Crippen LogP contribution in [-0.2, 0) is 5.41 Å². The number of nitrogens with zero attached hydrogens (tertiary/aromatic N) is 2. The Hall–Kier alpha value is -7.56. The van der Waals surface area contributed by atoms with Gasteiger partial charge >= 0.3 is 0 Å². The van der Waals surface area contributed by atoms with Crippen LogP contribution < -0.4 is 10.1 Å². The van der Waals surface area contributed by atoms with Crippen LogP contribution in [-0.4, -0.2) is 11.7 Å². The minimum absolute atomic E-state index is 0.320. The highest BCUT2D eigenvalue weighted by Crippen LogP contribution is 2.64. The van der Waals surface area contributed by atoms with Gasteiger partial charge in [-0.15, -0.1) is 0 Å². The van der Waals surface area contributed by atoms with Crippen LogP contribution in [0.1, 0.15) is 45.1 Å². The number of hydrogen-bond acceptors (Lipinski definition) is 4. The summed E-state index contributed by atoms with van der Waals surface area (Å²) in [7, 11) is 0. The second kappa shape index (κ2) is 12.7. The van der Waals surface area contributed by atoms with Crippen LogP contribution in [0.5, 0.6) is 11.5 Å². The Kier molecular flexibility index (Phi) is 7.17. The second-order valence-electron chi connectivity index (χ2n) is 15.3. The molecule has 12 rings (SSSR count). The van der Waals surface area contributed by atoms with E-state index in [-0.39, 0.29) is 6.17 Å². The molecule has 272 valence electrons. The van der Waals surface area contributed by atoms with Crippen LogP contribution in [0.25, 0.3) is 43.8 Å². The summed E-state index contributed by atoms with van der Waals surface area (Å²) in [6.07, 6.45) is -0.320. The van der Waals surface area contributed by atoms with Crippen molar-refractivity contribution in [3.05, 3.63) is 239 Å². The van der Waals surface area contributed by atoms with Crippen LogP contribution in [0.15, 0.2) is 210 Å². The molecule has 9 aromatic carbocycles.